The number of rotatable bonds is 11. The van der Waals surface area contributed by atoms with Gasteiger partial charge in [0.15, 0.2) is 0 Å². The molecular weight excluding hydrogens is 494 g/mol. The lowest BCUT2D eigenvalue weighted by atomic mass is 9.85. The van der Waals surface area contributed by atoms with Gasteiger partial charge >= 0.3 is 6.09 Å². The molecule has 200 valence electrons. The highest BCUT2D eigenvalue weighted by atomic mass is 32.2. The Morgan fingerprint density at radius 2 is 1.89 bits per heavy atom. The maximum atomic E-state index is 13.3. The van der Waals surface area contributed by atoms with Crippen LogP contribution in [0.3, 0.4) is 0 Å². The fourth-order valence-electron chi connectivity index (χ4n) is 4.63. The largest absolute Gasteiger partial charge is 0.497 e. The van der Waals surface area contributed by atoms with Gasteiger partial charge in [-0.2, -0.15) is 0 Å². The van der Waals surface area contributed by atoms with E-state index >= 15 is 0 Å². The van der Waals surface area contributed by atoms with Crippen LogP contribution in [0.1, 0.15) is 64.4 Å². The second-order valence-corrected chi connectivity index (χ2v) is 11.6. The first-order chi connectivity index (χ1) is 17.4. The number of amides is 2. The van der Waals surface area contributed by atoms with Crippen LogP contribution in [0.2, 0.25) is 0 Å². The van der Waals surface area contributed by atoms with Crippen LogP contribution in [-0.2, 0) is 16.1 Å². The molecule has 36 heavy (non-hydrogen) atoms. The van der Waals surface area contributed by atoms with Crippen LogP contribution in [0.5, 0.6) is 5.75 Å². The van der Waals surface area contributed by atoms with E-state index in [1.807, 2.05) is 38.1 Å². The zero-order valence-corrected chi connectivity index (χ0v) is 23.4. The van der Waals surface area contributed by atoms with Gasteiger partial charge in [-0.3, -0.25) is 9.69 Å². The van der Waals surface area contributed by atoms with E-state index < -0.39 is 12.1 Å². The van der Waals surface area contributed by atoms with E-state index in [9.17, 15) is 9.59 Å². The number of methoxy groups -OCH3 is 1. The number of nitrogens with zero attached hydrogens (tertiary/aromatic N) is 1. The Morgan fingerprint density at radius 3 is 2.56 bits per heavy atom. The number of benzene rings is 1. The third kappa shape index (κ3) is 8.83. The zero-order valence-electron chi connectivity index (χ0n) is 21.8. The normalized spacial score (nSPS) is 19.1. The first-order valence-corrected chi connectivity index (χ1v) is 14.7. The lowest BCUT2D eigenvalue weighted by molar-refractivity contribution is -0.125. The molecule has 2 aliphatic rings. The van der Waals surface area contributed by atoms with Gasteiger partial charge in [0, 0.05) is 12.3 Å². The maximum Gasteiger partial charge on any atom is 0.411 e. The molecule has 1 aliphatic carbocycles. The highest BCUT2D eigenvalue weighted by Crippen LogP contribution is 2.28. The van der Waals surface area contributed by atoms with Gasteiger partial charge in [-0.25, -0.2) is 4.79 Å². The SMILES string of the molecule is COc1ccc(CNC(=S)[C@@H](CCC2CCCCC2)NC(=O)[C@@H]2CSCN2C(=O)OCC(C)C)cc1. The van der Waals surface area contributed by atoms with Crippen LogP contribution in [0, 0.1) is 11.8 Å². The highest BCUT2D eigenvalue weighted by Gasteiger charge is 2.37. The number of carbonyl (C=O) groups excluding carboxylic acids is 2. The summed E-state index contributed by atoms with van der Waals surface area (Å²) in [4.78, 5) is 28.1. The molecule has 1 saturated carbocycles. The van der Waals surface area contributed by atoms with Crippen LogP contribution in [0.4, 0.5) is 4.79 Å². The molecule has 2 amide bonds. The van der Waals surface area contributed by atoms with Gasteiger partial charge in [0.1, 0.15) is 11.8 Å². The average molecular weight is 536 g/mol. The zero-order chi connectivity index (χ0) is 25.9. The minimum absolute atomic E-state index is 0.163. The van der Waals surface area contributed by atoms with Gasteiger partial charge in [-0.1, -0.05) is 70.3 Å². The van der Waals surface area contributed by atoms with Crippen molar-refractivity contribution in [2.24, 2.45) is 11.8 Å². The van der Waals surface area contributed by atoms with Crippen molar-refractivity contribution in [3.05, 3.63) is 29.8 Å². The fourth-order valence-corrected chi connectivity index (χ4v) is 6.02. The standard InChI is InChI=1S/C27H41N3O4S2/c1-19(2)16-34-27(32)30-18-36-17-24(30)25(31)29-23(14-11-20-7-5-4-6-8-20)26(35)28-15-21-9-12-22(33-3)13-10-21/h9-10,12-13,19-20,23-24H,4-8,11,14-18H2,1-3H3,(H,28,35)(H,29,31)/t23-,24+/m1/s1. The second-order valence-electron chi connectivity index (χ2n) is 10.2. The van der Waals surface area contributed by atoms with Crippen molar-refractivity contribution in [1.82, 2.24) is 15.5 Å². The average Bonchev–Trinajstić information content (AvgIpc) is 3.39. The monoisotopic (exact) mass is 535 g/mol. The molecule has 2 fully saturated rings. The van der Waals surface area contributed by atoms with Crippen molar-refractivity contribution < 1.29 is 19.1 Å². The van der Waals surface area contributed by atoms with Crippen LogP contribution >= 0.6 is 24.0 Å². The predicted molar refractivity (Wildman–Crippen MR) is 149 cm³/mol. The summed E-state index contributed by atoms with van der Waals surface area (Å²) in [5.74, 6) is 2.60. The Bertz CT molecular complexity index is 859. The van der Waals surface area contributed by atoms with Gasteiger partial charge in [-0.15, -0.1) is 11.8 Å². The molecular formula is C27H41N3O4S2. The van der Waals surface area contributed by atoms with Crippen molar-refractivity contribution in [3.63, 3.8) is 0 Å². The summed E-state index contributed by atoms with van der Waals surface area (Å²) in [6.45, 7) is 4.91. The van der Waals surface area contributed by atoms with Gasteiger partial charge in [0.25, 0.3) is 0 Å². The Hall–Kier alpha value is -2.00. The van der Waals surface area contributed by atoms with Gasteiger partial charge in [-0.05, 0) is 42.4 Å². The molecule has 0 spiro atoms. The fraction of sp³-hybridized carbons (Fsp3) is 0.667. The topological polar surface area (TPSA) is 79.9 Å². The van der Waals surface area contributed by atoms with E-state index in [-0.39, 0.29) is 17.9 Å². The van der Waals surface area contributed by atoms with Gasteiger partial charge < -0.3 is 20.1 Å². The summed E-state index contributed by atoms with van der Waals surface area (Å²) in [6.07, 6.45) is 7.80. The molecule has 9 heteroatoms. The molecule has 0 aromatic heterocycles. The van der Waals surface area contributed by atoms with Crippen molar-refractivity contribution in [1.29, 1.82) is 0 Å². The summed E-state index contributed by atoms with van der Waals surface area (Å²) in [7, 11) is 1.65. The van der Waals surface area contributed by atoms with Gasteiger partial charge in [0.05, 0.1) is 30.6 Å². The Balaban J connectivity index is 1.61. The van der Waals surface area contributed by atoms with Crippen LogP contribution in [0.15, 0.2) is 24.3 Å². The summed E-state index contributed by atoms with van der Waals surface area (Å²) in [5.41, 5.74) is 1.08. The molecule has 1 aliphatic heterocycles. The van der Waals surface area contributed by atoms with E-state index in [2.05, 4.69) is 10.6 Å². The Morgan fingerprint density at radius 1 is 1.17 bits per heavy atom. The molecule has 1 saturated heterocycles. The number of carbonyl (C=O) groups is 2. The third-order valence-corrected chi connectivity index (χ3v) is 8.25. The second kappa shape index (κ2) is 14.7. The number of hydrogen-bond acceptors (Lipinski definition) is 6. The molecule has 3 rings (SSSR count). The van der Waals surface area contributed by atoms with E-state index in [0.29, 0.717) is 35.7 Å². The lowest BCUT2D eigenvalue weighted by Crippen LogP contribution is -2.53. The van der Waals surface area contributed by atoms with Crippen LogP contribution < -0.4 is 15.4 Å². The van der Waals surface area contributed by atoms with Crippen LogP contribution in [-0.4, -0.2) is 59.3 Å². The first kappa shape index (κ1) is 28.6. The smallest absolute Gasteiger partial charge is 0.411 e. The summed E-state index contributed by atoms with van der Waals surface area (Å²) < 4.78 is 10.6. The number of hydrogen-bond donors (Lipinski definition) is 2. The van der Waals surface area contributed by atoms with E-state index in [4.69, 9.17) is 21.7 Å². The van der Waals surface area contributed by atoms with Crippen molar-refractivity contribution in [3.8, 4) is 5.75 Å². The molecule has 2 N–H and O–H groups in total. The molecule has 0 bridgehead atoms. The third-order valence-electron chi connectivity index (χ3n) is 6.81. The van der Waals surface area contributed by atoms with Crippen LogP contribution in [0.25, 0.3) is 0 Å². The number of nitrogens with one attached hydrogen (secondary N) is 2. The summed E-state index contributed by atoms with van der Waals surface area (Å²) in [5, 5.41) is 6.53. The van der Waals surface area contributed by atoms with Crippen molar-refractivity contribution in [2.45, 2.75) is 77.4 Å². The molecule has 7 nitrogen and oxygen atoms in total. The number of thiocarbonyl (C=S) groups is 1. The molecule has 1 aromatic carbocycles. The van der Waals surface area contributed by atoms with E-state index in [1.165, 1.54) is 37.0 Å². The number of ether oxygens (including phenoxy) is 2. The predicted octanol–water partition coefficient (Wildman–Crippen LogP) is 5.13. The van der Waals surface area contributed by atoms with Crippen molar-refractivity contribution >= 4 is 41.0 Å². The van der Waals surface area contributed by atoms with Crippen molar-refractivity contribution in [2.75, 3.05) is 25.3 Å². The Labute approximate surface area is 225 Å². The first-order valence-electron chi connectivity index (χ1n) is 13.1. The maximum absolute atomic E-state index is 13.3. The quantitative estimate of drug-likeness (QED) is 0.381. The number of thioether (sulfide) groups is 1. The highest BCUT2D eigenvalue weighted by molar-refractivity contribution is 7.99. The molecule has 1 aromatic rings. The van der Waals surface area contributed by atoms with Gasteiger partial charge in [0.2, 0.25) is 5.91 Å². The Kier molecular flexibility index (Phi) is 11.6. The summed E-state index contributed by atoms with van der Waals surface area (Å²) >= 11 is 7.34. The summed E-state index contributed by atoms with van der Waals surface area (Å²) in [6, 6.07) is 7.03. The lowest BCUT2D eigenvalue weighted by Gasteiger charge is -2.28. The minimum atomic E-state index is -0.545. The molecule has 0 unspecified atom stereocenters. The molecule has 0 radical (unpaired) electrons. The van der Waals surface area contributed by atoms with E-state index in [1.54, 1.807) is 18.9 Å². The molecule has 2 atom stereocenters. The van der Waals surface area contributed by atoms with E-state index in [0.717, 1.165) is 24.2 Å². The minimum Gasteiger partial charge on any atom is -0.497 e. The molecule has 1 heterocycles.